The van der Waals surface area contributed by atoms with Gasteiger partial charge in [0, 0.05) is 36.6 Å². The highest BCUT2D eigenvalue weighted by atomic mass is 35.5. The number of anilines is 1. The molecule has 0 aliphatic carbocycles. The van der Waals surface area contributed by atoms with Crippen LogP contribution in [0.5, 0.6) is 5.75 Å². The Kier molecular flexibility index (Phi) is 7.29. The highest BCUT2D eigenvalue weighted by Gasteiger charge is 2.28. The number of carbonyl (C=O) groups excluding carboxylic acids is 2. The largest absolute Gasteiger partial charge is 0.496 e. The Balaban J connectivity index is 1.27. The van der Waals surface area contributed by atoms with Crippen molar-refractivity contribution in [2.24, 2.45) is 0 Å². The molecule has 8 heteroatoms. The van der Waals surface area contributed by atoms with Gasteiger partial charge in [-0.3, -0.25) is 14.3 Å². The molecule has 4 rings (SSSR count). The number of aromatic nitrogens is 2. The molecule has 2 amide bonds. The van der Waals surface area contributed by atoms with E-state index in [9.17, 15) is 9.59 Å². The minimum Gasteiger partial charge on any atom is -0.496 e. The van der Waals surface area contributed by atoms with Crippen molar-refractivity contribution < 1.29 is 14.3 Å². The number of hydrogen-bond donors (Lipinski definition) is 1. The molecule has 33 heavy (non-hydrogen) atoms. The molecule has 172 valence electrons. The van der Waals surface area contributed by atoms with Crippen LogP contribution in [-0.4, -0.2) is 46.7 Å². The Morgan fingerprint density at radius 2 is 1.97 bits per heavy atom. The van der Waals surface area contributed by atoms with E-state index in [1.807, 2.05) is 53.4 Å². The van der Waals surface area contributed by atoms with Gasteiger partial charge in [-0.2, -0.15) is 5.10 Å². The van der Waals surface area contributed by atoms with E-state index >= 15 is 0 Å². The summed E-state index contributed by atoms with van der Waals surface area (Å²) >= 11 is 6.32. The standard InChI is InChI=1S/C25H27ClN4O3/c1-33-23-9-5-2-6-18(23)10-11-24(31)28-20-14-27-30(16-20)17-25(32)29-13-12-19(15-29)21-7-3-4-8-22(21)26/h2-9,14,16,19H,10-13,15,17H2,1H3,(H,28,31)/t19-/m0/s1. The van der Waals surface area contributed by atoms with Crippen LogP contribution in [-0.2, 0) is 22.6 Å². The third-order valence-electron chi connectivity index (χ3n) is 5.91. The summed E-state index contributed by atoms with van der Waals surface area (Å²) in [6, 6.07) is 15.5. The van der Waals surface area contributed by atoms with Crippen LogP contribution in [0.1, 0.15) is 29.9 Å². The number of benzene rings is 2. The highest BCUT2D eigenvalue weighted by Crippen LogP contribution is 2.32. The third-order valence-corrected chi connectivity index (χ3v) is 6.26. The number of nitrogens with zero attached hydrogens (tertiary/aromatic N) is 3. The van der Waals surface area contributed by atoms with Gasteiger partial charge in [-0.05, 0) is 36.1 Å². The third kappa shape index (κ3) is 5.73. The number of amides is 2. The lowest BCUT2D eigenvalue weighted by atomic mass is 9.98. The molecule has 0 bridgehead atoms. The van der Waals surface area contributed by atoms with Crippen LogP contribution in [0.2, 0.25) is 5.02 Å². The number of carbonyl (C=O) groups is 2. The number of rotatable bonds is 8. The molecule has 0 radical (unpaired) electrons. The van der Waals surface area contributed by atoms with Crippen molar-refractivity contribution in [1.29, 1.82) is 0 Å². The molecule has 7 nitrogen and oxygen atoms in total. The molecule has 0 unspecified atom stereocenters. The average Bonchev–Trinajstić information content (AvgIpc) is 3.48. The van der Waals surface area contributed by atoms with E-state index in [-0.39, 0.29) is 24.3 Å². The van der Waals surface area contributed by atoms with Crippen LogP contribution in [0.3, 0.4) is 0 Å². The molecule has 1 aromatic heterocycles. The topological polar surface area (TPSA) is 76.5 Å². The molecule has 2 heterocycles. The molecule has 1 atom stereocenters. The number of para-hydroxylation sites is 1. The van der Waals surface area contributed by atoms with Crippen LogP contribution < -0.4 is 10.1 Å². The highest BCUT2D eigenvalue weighted by molar-refractivity contribution is 6.31. The fraction of sp³-hybridized carbons (Fsp3) is 0.320. The molecule has 0 spiro atoms. The quantitative estimate of drug-likeness (QED) is 0.541. The first-order valence-corrected chi connectivity index (χ1v) is 11.4. The number of likely N-dealkylation sites (tertiary alicyclic amines) is 1. The van der Waals surface area contributed by atoms with Gasteiger partial charge in [0.2, 0.25) is 11.8 Å². The van der Waals surface area contributed by atoms with E-state index < -0.39 is 0 Å². The number of hydrogen-bond acceptors (Lipinski definition) is 4. The van der Waals surface area contributed by atoms with Gasteiger partial charge in [0.1, 0.15) is 12.3 Å². The Labute approximate surface area is 198 Å². The normalized spacial score (nSPS) is 15.5. The molecule has 1 saturated heterocycles. The molecule has 2 aromatic carbocycles. The average molecular weight is 467 g/mol. The summed E-state index contributed by atoms with van der Waals surface area (Å²) < 4.78 is 6.88. The summed E-state index contributed by atoms with van der Waals surface area (Å²) in [5, 5.41) is 7.82. The molecule has 0 saturated carbocycles. The molecule has 1 N–H and O–H groups in total. The van der Waals surface area contributed by atoms with Crippen molar-refractivity contribution in [1.82, 2.24) is 14.7 Å². The first kappa shape index (κ1) is 22.9. The SMILES string of the molecule is COc1ccccc1CCC(=O)Nc1cnn(CC(=O)N2CC[C@H](c3ccccc3Cl)C2)c1. The molecule has 1 fully saturated rings. The van der Waals surface area contributed by atoms with Gasteiger partial charge in [0.15, 0.2) is 0 Å². The second kappa shape index (κ2) is 10.5. The van der Waals surface area contributed by atoms with Gasteiger partial charge in [-0.25, -0.2) is 0 Å². The number of aryl methyl sites for hydroxylation is 1. The fourth-order valence-corrected chi connectivity index (χ4v) is 4.47. The Morgan fingerprint density at radius 1 is 1.18 bits per heavy atom. The zero-order chi connectivity index (χ0) is 23.2. The maximum Gasteiger partial charge on any atom is 0.244 e. The van der Waals surface area contributed by atoms with Crippen LogP contribution in [0.25, 0.3) is 0 Å². The predicted octanol–water partition coefficient (Wildman–Crippen LogP) is 4.13. The number of nitrogens with one attached hydrogen (secondary N) is 1. The minimum absolute atomic E-state index is 0.00158. The zero-order valence-corrected chi connectivity index (χ0v) is 19.3. The van der Waals surface area contributed by atoms with Crippen molar-refractivity contribution in [3.05, 3.63) is 77.1 Å². The van der Waals surface area contributed by atoms with Gasteiger partial charge in [0.05, 0.1) is 19.0 Å². The second-order valence-electron chi connectivity index (χ2n) is 8.13. The molecule has 1 aliphatic rings. The fourth-order valence-electron chi connectivity index (χ4n) is 4.18. The van der Waals surface area contributed by atoms with Gasteiger partial charge in [0.25, 0.3) is 0 Å². The van der Waals surface area contributed by atoms with Gasteiger partial charge >= 0.3 is 0 Å². The van der Waals surface area contributed by atoms with Crippen LogP contribution >= 0.6 is 11.6 Å². The molecule has 3 aromatic rings. The lowest BCUT2D eigenvalue weighted by Gasteiger charge is -2.17. The second-order valence-corrected chi connectivity index (χ2v) is 8.54. The number of ether oxygens (including phenoxy) is 1. The van der Waals surface area contributed by atoms with Crippen molar-refractivity contribution in [2.45, 2.75) is 31.7 Å². The first-order valence-electron chi connectivity index (χ1n) is 11.0. The Hall–Kier alpha value is -3.32. The van der Waals surface area contributed by atoms with E-state index in [2.05, 4.69) is 10.4 Å². The van der Waals surface area contributed by atoms with Crippen molar-refractivity contribution >= 4 is 29.1 Å². The van der Waals surface area contributed by atoms with Crippen molar-refractivity contribution in [3.8, 4) is 5.75 Å². The molecule has 1 aliphatic heterocycles. The summed E-state index contributed by atoms with van der Waals surface area (Å²) in [6.07, 6.45) is 5.03. The van der Waals surface area contributed by atoms with E-state index in [1.54, 1.807) is 24.2 Å². The maximum absolute atomic E-state index is 12.8. The van der Waals surface area contributed by atoms with Gasteiger partial charge in [-0.15, -0.1) is 0 Å². The van der Waals surface area contributed by atoms with Gasteiger partial charge in [-0.1, -0.05) is 48.0 Å². The van der Waals surface area contributed by atoms with E-state index in [0.29, 0.717) is 31.6 Å². The van der Waals surface area contributed by atoms with Crippen LogP contribution in [0.15, 0.2) is 60.9 Å². The number of halogens is 1. The van der Waals surface area contributed by atoms with Gasteiger partial charge < -0.3 is 15.0 Å². The lowest BCUT2D eigenvalue weighted by molar-refractivity contribution is -0.131. The summed E-state index contributed by atoms with van der Waals surface area (Å²) in [7, 11) is 1.62. The van der Waals surface area contributed by atoms with E-state index in [0.717, 1.165) is 28.3 Å². The lowest BCUT2D eigenvalue weighted by Crippen LogP contribution is -2.31. The van der Waals surface area contributed by atoms with Crippen LogP contribution in [0.4, 0.5) is 5.69 Å². The Morgan fingerprint density at radius 3 is 2.79 bits per heavy atom. The predicted molar refractivity (Wildman–Crippen MR) is 128 cm³/mol. The summed E-state index contributed by atoms with van der Waals surface area (Å²) in [6.45, 7) is 1.48. The summed E-state index contributed by atoms with van der Waals surface area (Å²) in [5.41, 5.74) is 2.65. The molecular weight excluding hydrogens is 440 g/mol. The summed E-state index contributed by atoms with van der Waals surface area (Å²) in [5.74, 6) is 0.907. The smallest absolute Gasteiger partial charge is 0.244 e. The van der Waals surface area contributed by atoms with E-state index in [1.165, 1.54) is 0 Å². The zero-order valence-electron chi connectivity index (χ0n) is 18.5. The maximum atomic E-state index is 12.8. The van der Waals surface area contributed by atoms with E-state index in [4.69, 9.17) is 16.3 Å². The monoisotopic (exact) mass is 466 g/mol. The Bertz CT molecular complexity index is 1130. The first-order chi connectivity index (χ1) is 16.0. The van der Waals surface area contributed by atoms with Crippen molar-refractivity contribution in [2.75, 3.05) is 25.5 Å². The summed E-state index contributed by atoms with van der Waals surface area (Å²) in [4.78, 5) is 27.0. The molecular formula is C25H27ClN4O3. The van der Waals surface area contributed by atoms with Crippen LogP contribution in [0, 0.1) is 0 Å². The van der Waals surface area contributed by atoms with Crippen molar-refractivity contribution in [3.63, 3.8) is 0 Å². The minimum atomic E-state index is -0.117. The number of methoxy groups -OCH3 is 1.